The molecule has 0 amide bonds. The fourth-order valence-corrected chi connectivity index (χ4v) is 3.88. The Labute approximate surface area is 196 Å². The molecule has 33 heavy (non-hydrogen) atoms. The van der Waals surface area contributed by atoms with Gasteiger partial charge in [-0.05, 0) is 74.7 Å². The number of hydrogen-bond donors (Lipinski definition) is 4. The lowest BCUT2D eigenvalue weighted by Gasteiger charge is -2.08. The predicted molar refractivity (Wildman–Crippen MR) is 132 cm³/mol. The van der Waals surface area contributed by atoms with E-state index in [0.717, 1.165) is 46.9 Å². The fraction of sp³-hybridized carbons (Fsp3) is 0.261. The van der Waals surface area contributed by atoms with E-state index in [9.17, 15) is 0 Å². The van der Waals surface area contributed by atoms with E-state index in [1.165, 1.54) is 11.3 Å². The molecule has 0 aliphatic carbocycles. The molecular formula is C23H28N6O3S. The third-order valence-electron chi connectivity index (χ3n) is 4.72. The van der Waals surface area contributed by atoms with Crippen molar-refractivity contribution >= 4 is 28.3 Å². The predicted octanol–water partition coefficient (Wildman–Crippen LogP) is 3.75. The van der Waals surface area contributed by atoms with Crippen molar-refractivity contribution in [3.63, 3.8) is 0 Å². The Hall–Kier alpha value is -3.79. The van der Waals surface area contributed by atoms with Crippen molar-refractivity contribution in [1.29, 1.82) is 0 Å². The molecule has 2 aromatic carbocycles. The third-order valence-corrected chi connectivity index (χ3v) is 5.59. The van der Waals surface area contributed by atoms with Gasteiger partial charge >= 0.3 is 0 Å². The second-order valence-corrected chi connectivity index (χ2v) is 8.41. The molecule has 0 radical (unpaired) electrons. The number of aryl methyl sites for hydroxylation is 1. The number of aliphatic imine (C=N–C) groups is 1. The first-order chi connectivity index (χ1) is 16.0. The number of thiazole rings is 1. The summed E-state index contributed by atoms with van der Waals surface area (Å²) in [4.78, 5) is 9.55. The van der Waals surface area contributed by atoms with Crippen molar-refractivity contribution in [3.05, 3.63) is 59.0 Å². The van der Waals surface area contributed by atoms with Crippen molar-refractivity contribution in [2.75, 3.05) is 13.2 Å². The van der Waals surface area contributed by atoms with Crippen LogP contribution in [0.5, 0.6) is 11.5 Å². The van der Waals surface area contributed by atoms with E-state index in [-0.39, 0.29) is 11.8 Å². The average molecular weight is 469 g/mol. The Morgan fingerprint density at radius 3 is 2.03 bits per heavy atom. The van der Waals surface area contributed by atoms with E-state index in [0.29, 0.717) is 23.9 Å². The second kappa shape index (κ2) is 11.7. The van der Waals surface area contributed by atoms with Crippen LogP contribution >= 0.6 is 11.3 Å². The van der Waals surface area contributed by atoms with Gasteiger partial charge in [-0.1, -0.05) is 16.5 Å². The molecule has 0 saturated carbocycles. The van der Waals surface area contributed by atoms with Crippen LogP contribution in [0.4, 0.5) is 5.13 Å². The highest BCUT2D eigenvalue weighted by molar-refractivity contribution is 7.15. The third kappa shape index (κ3) is 7.11. The summed E-state index contributed by atoms with van der Waals surface area (Å²) in [6.45, 7) is 3.24. The zero-order chi connectivity index (χ0) is 23.6. The highest BCUT2D eigenvalue weighted by Crippen LogP contribution is 2.32. The second-order valence-electron chi connectivity index (χ2n) is 7.23. The first-order valence-corrected chi connectivity index (χ1v) is 11.3. The van der Waals surface area contributed by atoms with Crippen molar-refractivity contribution in [2.45, 2.75) is 26.2 Å². The van der Waals surface area contributed by atoms with Crippen LogP contribution in [0.1, 0.15) is 29.7 Å². The normalized spacial score (nSPS) is 11.2. The molecule has 0 aliphatic heterocycles. The van der Waals surface area contributed by atoms with Crippen LogP contribution in [0.25, 0.3) is 11.3 Å². The Kier molecular flexibility index (Phi) is 8.48. The van der Waals surface area contributed by atoms with Gasteiger partial charge in [0, 0.05) is 16.0 Å². The van der Waals surface area contributed by atoms with Crippen molar-refractivity contribution < 1.29 is 14.7 Å². The van der Waals surface area contributed by atoms with Gasteiger partial charge in [0.1, 0.15) is 11.5 Å². The largest absolute Gasteiger partial charge is 0.494 e. The van der Waals surface area contributed by atoms with Gasteiger partial charge in [0.2, 0.25) is 5.13 Å². The Morgan fingerprint density at radius 2 is 1.48 bits per heavy atom. The molecule has 0 spiro atoms. The summed E-state index contributed by atoms with van der Waals surface area (Å²) in [6, 6.07) is 14.9. The number of nitrogens with zero attached hydrogens (tertiary/aromatic N) is 3. The van der Waals surface area contributed by atoms with Gasteiger partial charge in [-0.15, -0.1) is 0 Å². The van der Waals surface area contributed by atoms with Crippen LogP contribution in [0.2, 0.25) is 0 Å². The molecule has 10 heteroatoms. The molecule has 3 aromatic rings. The Balaban J connectivity index is 1.36. The maximum absolute atomic E-state index is 8.68. The molecule has 0 atom stereocenters. The lowest BCUT2D eigenvalue weighted by atomic mass is 10.1. The lowest BCUT2D eigenvalue weighted by molar-refractivity contribution is 0.279. The number of hydrogen-bond acceptors (Lipinski definition) is 7. The number of aromatic nitrogens is 1. The van der Waals surface area contributed by atoms with Gasteiger partial charge in [-0.25, -0.2) is 4.98 Å². The van der Waals surface area contributed by atoms with E-state index in [1.807, 2.05) is 31.2 Å². The average Bonchev–Trinajstić information content (AvgIpc) is 3.17. The molecule has 0 unspecified atom stereocenters. The zero-order valence-electron chi connectivity index (χ0n) is 18.4. The topological polar surface area (TPSA) is 154 Å². The smallest absolute Gasteiger partial charge is 0.213 e. The van der Waals surface area contributed by atoms with Gasteiger partial charge in [0.15, 0.2) is 11.8 Å². The summed E-state index contributed by atoms with van der Waals surface area (Å²) >= 11 is 1.45. The SMILES string of the molecule is Cc1sc(N=C(N)N)nc1-c1ccc(OCCCCCOc2ccc(/C(N)=N/O)cc2)cc1. The minimum Gasteiger partial charge on any atom is -0.494 e. The van der Waals surface area contributed by atoms with E-state index in [1.54, 1.807) is 24.3 Å². The van der Waals surface area contributed by atoms with Crippen LogP contribution < -0.4 is 26.7 Å². The van der Waals surface area contributed by atoms with Crippen LogP contribution in [0.3, 0.4) is 0 Å². The van der Waals surface area contributed by atoms with Gasteiger partial charge in [-0.2, -0.15) is 4.99 Å². The molecule has 1 heterocycles. The lowest BCUT2D eigenvalue weighted by Crippen LogP contribution is -2.21. The Bertz CT molecular complexity index is 1090. The first kappa shape index (κ1) is 23.9. The molecule has 9 nitrogen and oxygen atoms in total. The quantitative estimate of drug-likeness (QED) is 0.110. The number of oxime groups is 1. The van der Waals surface area contributed by atoms with Gasteiger partial charge in [-0.3, -0.25) is 0 Å². The summed E-state index contributed by atoms with van der Waals surface area (Å²) in [5.41, 5.74) is 18.9. The molecular weight excluding hydrogens is 440 g/mol. The summed E-state index contributed by atoms with van der Waals surface area (Å²) in [5.74, 6) is 1.64. The number of nitrogens with two attached hydrogens (primary N) is 3. The molecule has 3 rings (SSSR count). The van der Waals surface area contributed by atoms with Crippen molar-refractivity contribution in [3.8, 4) is 22.8 Å². The maximum Gasteiger partial charge on any atom is 0.213 e. The van der Waals surface area contributed by atoms with E-state index in [4.69, 9.17) is 31.9 Å². The maximum atomic E-state index is 8.68. The van der Waals surface area contributed by atoms with Crippen molar-refractivity contribution in [1.82, 2.24) is 4.98 Å². The van der Waals surface area contributed by atoms with Gasteiger partial charge in [0.05, 0.1) is 18.9 Å². The summed E-state index contributed by atoms with van der Waals surface area (Å²) in [7, 11) is 0. The molecule has 0 bridgehead atoms. The van der Waals surface area contributed by atoms with Crippen LogP contribution in [-0.2, 0) is 0 Å². The molecule has 0 saturated heterocycles. The molecule has 1 aromatic heterocycles. The monoisotopic (exact) mass is 468 g/mol. The highest BCUT2D eigenvalue weighted by atomic mass is 32.1. The number of amidine groups is 1. The number of ether oxygens (including phenoxy) is 2. The van der Waals surface area contributed by atoms with E-state index >= 15 is 0 Å². The van der Waals surface area contributed by atoms with Crippen LogP contribution in [0.15, 0.2) is 58.7 Å². The van der Waals surface area contributed by atoms with E-state index < -0.39 is 0 Å². The number of rotatable bonds is 11. The Morgan fingerprint density at radius 1 is 0.909 bits per heavy atom. The minimum absolute atomic E-state index is 0.000419. The highest BCUT2D eigenvalue weighted by Gasteiger charge is 2.10. The summed E-state index contributed by atoms with van der Waals surface area (Å²) in [6.07, 6.45) is 2.85. The van der Waals surface area contributed by atoms with Gasteiger partial charge < -0.3 is 31.9 Å². The van der Waals surface area contributed by atoms with Crippen LogP contribution in [0, 0.1) is 6.92 Å². The van der Waals surface area contributed by atoms with Crippen LogP contribution in [-0.4, -0.2) is 35.2 Å². The standard InChI is InChI=1S/C23H28N6O3S/c1-15-20(27-23(33-15)28-22(25)26)16-5-9-18(10-6-16)31-13-3-2-4-14-32-19-11-7-17(8-12-19)21(24)29-30/h5-12,30H,2-4,13-14H2,1H3,(H2,24,29)(H4,25,26,27,28). The van der Waals surface area contributed by atoms with Crippen molar-refractivity contribution in [2.24, 2.45) is 27.3 Å². The molecule has 0 aliphatic rings. The number of unbranched alkanes of at least 4 members (excludes halogenated alkanes) is 2. The summed E-state index contributed by atoms with van der Waals surface area (Å²) < 4.78 is 11.6. The number of guanidine groups is 1. The van der Waals surface area contributed by atoms with Gasteiger partial charge in [0.25, 0.3) is 0 Å². The zero-order valence-corrected chi connectivity index (χ0v) is 19.2. The first-order valence-electron chi connectivity index (χ1n) is 10.5. The molecule has 174 valence electrons. The molecule has 0 fully saturated rings. The van der Waals surface area contributed by atoms with E-state index in [2.05, 4.69) is 15.1 Å². The molecule has 7 N–H and O–H groups in total. The fourth-order valence-electron chi connectivity index (χ4n) is 3.06. The summed E-state index contributed by atoms with van der Waals surface area (Å²) in [5, 5.41) is 12.2. The minimum atomic E-state index is -0.000419. The number of benzene rings is 2.